The summed E-state index contributed by atoms with van der Waals surface area (Å²) in [4.78, 5) is 10.4. The summed E-state index contributed by atoms with van der Waals surface area (Å²) in [6, 6.07) is 5.31. The molecule has 0 bridgehead atoms. The quantitative estimate of drug-likeness (QED) is 0.705. The van der Waals surface area contributed by atoms with Crippen LogP contribution in [0.4, 0.5) is 11.4 Å². The summed E-state index contributed by atoms with van der Waals surface area (Å²) >= 11 is 0. The van der Waals surface area contributed by atoms with Crippen molar-refractivity contribution in [1.29, 1.82) is 0 Å². The average molecular weight is 207 g/mol. The lowest BCUT2D eigenvalue weighted by Gasteiger charge is -2.17. The SMILES string of the molecule is Cc1cc(N)ccc1NC(C)CC(=O)[O-]. The van der Waals surface area contributed by atoms with E-state index < -0.39 is 5.97 Å². The van der Waals surface area contributed by atoms with Crippen molar-refractivity contribution >= 4 is 17.3 Å². The van der Waals surface area contributed by atoms with E-state index in [4.69, 9.17) is 5.73 Å². The molecule has 4 nitrogen and oxygen atoms in total. The molecule has 0 aliphatic carbocycles. The molecule has 15 heavy (non-hydrogen) atoms. The van der Waals surface area contributed by atoms with Crippen molar-refractivity contribution in [2.24, 2.45) is 0 Å². The van der Waals surface area contributed by atoms with Crippen molar-refractivity contribution < 1.29 is 9.90 Å². The van der Waals surface area contributed by atoms with Gasteiger partial charge in [0, 0.05) is 29.8 Å². The van der Waals surface area contributed by atoms with Crippen LogP contribution in [0.1, 0.15) is 18.9 Å². The van der Waals surface area contributed by atoms with E-state index >= 15 is 0 Å². The Morgan fingerprint density at radius 2 is 2.27 bits per heavy atom. The molecule has 1 aromatic carbocycles. The Bertz CT molecular complexity index is 364. The maximum Gasteiger partial charge on any atom is 0.0434 e. The standard InChI is InChI=1S/C11H16N2O2/c1-7-5-9(12)3-4-10(7)13-8(2)6-11(14)15/h3-5,8,13H,6,12H2,1-2H3,(H,14,15)/p-1. The van der Waals surface area contributed by atoms with E-state index in [9.17, 15) is 9.90 Å². The predicted molar refractivity (Wildman–Crippen MR) is 58.3 cm³/mol. The highest BCUT2D eigenvalue weighted by atomic mass is 16.4. The van der Waals surface area contributed by atoms with Crippen LogP contribution < -0.4 is 16.2 Å². The number of nitrogens with one attached hydrogen (secondary N) is 1. The fourth-order valence-corrected chi connectivity index (χ4v) is 1.42. The zero-order valence-electron chi connectivity index (χ0n) is 8.91. The van der Waals surface area contributed by atoms with Crippen LogP contribution in [-0.2, 0) is 4.79 Å². The Morgan fingerprint density at radius 1 is 1.60 bits per heavy atom. The van der Waals surface area contributed by atoms with Crippen LogP contribution >= 0.6 is 0 Å². The van der Waals surface area contributed by atoms with Gasteiger partial charge in [-0.3, -0.25) is 0 Å². The molecule has 4 heteroatoms. The lowest BCUT2D eigenvalue weighted by molar-refractivity contribution is -0.305. The van der Waals surface area contributed by atoms with Gasteiger partial charge in [-0.15, -0.1) is 0 Å². The first-order chi connectivity index (χ1) is 6.99. The molecular weight excluding hydrogens is 192 g/mol. The Labute approximate surface area is 89.1 Å². The van der Waals surface area contributed by atoms with E-state index in [-0.39, 0.29) is 12.5 Å². The first-order valence-corrected chi connectivity index (χ1v) is 4.81. The number of aryl methyl sites for hydroxylation is 1. The van der Waals surface area contributed by atoms with Gasteiger partial charge in [-0.1, -0.05) is 0 Å². The summed E-state index contributed by atoms with van der Waals surface area (Å²) < 4.78 is 0. The lowest BCUT2D eigenvalue weighted by Crippen LogP contribution is -2.29. The normalized spacial score (nSPS) is 12.1. The molecule has 0 saturated heterocycles. The maximum atomic E-state index is 10.4. The van der Waals surface area contributed by atoms with Gasteiger partial charge in [0.05, 0.1) is 0 Å². The van der Waals surface area contributed by atoms with E-state index in [1.807, 2.05) is 19.1 Å². The first kappa shape index (κ1) is 11.4. The minimum atomic E-state index is -1.05. The van der Waals surface area contributed by atoms with E-state index in [1.54, 1.807) is 13.0 Å². The number of hydrogen-bond donors (Lipinski definition) is 2. The van der Waals surface area contributed by atoms with E-state index in [0.717, 1.165) is 11.3 Å². The van der Waals surface area contributed by atoms with Crippen molar-refractivity contribution in [3.05, 3.63) is 23.8 Å². The van der Waals surface area contributed by atoms with E-state index in [0.29, 0.717) is 5.69 Å². The Kier molecular flexibility index (Phi) is 3.55. The van der Waals surface area contributed by atoms with Gasteiger partial charge < -0.3 is 21.0 Å². The molecule has 0 saturated carbocycles. The largest absolute Gasteiger partial charge is 0.550 e. The highest BCUT2D eigenvalue weighted by Crippen LogP contribution is 2.18. The summed E-state index contributed by atoms with van der Waals surface area (Å²) in [6.45, 7) is 3.72. The van der Waals surface area contributed by atoms with Crippen LogP contribution in [0.5, 0.6) is 0 Å². The second kappa shape index (κ2) is 4.68. The van der Waals surface area contributed by atoms with E-state index in [1.165, 1.54) is 0 Å². The van der Waals surface area contributed by atoms with Gasteiger partial charge in [0.25, 0.3) is 0 Å². The van der Waals surface area contributed by atoms with Crippen molar-refractivity contribution in [1.82, 2.24) is 0 Å². The van der Waals surface area contributed by atoms with Crippen molar-refractivity contribution in [3.63, 3.8) is 0 Å². The molecule has 0 radical (unpaired) electrons. The van der Waals surface area contributed by atoms with Crippen LogP contribution in [0, 0.1) is 6.92 Å². The van der Waals surface area contributed by atoms with Crippen molar-refractivity contribution in [2.45, 2.75) is 26.3 Å². The number of aliphatic carboxylic acids is 1. The summed E-state index contributed by atoms with van der Waals surface area (Å²) in [5, 5.41) is 13.5. The Hall–Kier alpha value is -1.71. The van der Waals surface area contributed by atoms with Crippen LogP contribution in [0.15, 0.2) is 18.2 Å². The van der Waals surface area contributed by atoms with Crippen LogP contribution in [0.25, 0.3) is 0 Å². The third-order valence-electron chi connectivity index (χ3n) is 2.13. The molecule has 0 aliphatic rings. The number of nitrogens with two attached hydrogens (primary N) is 1. The molecule has 1 unspecified atom stereocenters. The van der Waals surface area contributed by atoms with Crippen LogP contribution in [0.3, 0.4) is 0 Å². The number of rotatable bonds is 4. The molecule has 1 atom stereocenters. The van der Waals surface area contributed by atoms with Crippen molar-refractivity contribution in [2.75, 3.05) is 11.1 Å². The molecule has 0 fully saturated rings. The maximum absolute atomic E-state index is 10.4. The summed E-state index contributed by atoms with van der Waals surface area (Å²) in [7, 11) is 0. The summed E-state index contributed by atoms with van der Waals surface area (Å²) in [6.07, 6.45) is -0.0101. The second-order valence-corrected chi connectivity index (χ2v) is 3.70. The van der Waals surface area contributed by atoms with Gasteiger partial charge in [-0.25, -0.2) is 0 Å². The van der Waals surface area contributed by atoms with Gasteiger partial charge in [-0.05, 0) is 37.6 Å². The van der Waals surface area contributed by atoms with Gasteiger partial charge >= 0.3 is 0 Å². The number of benzene rings is 1. The molecule has 0 amide bonds. The highest BCUT2D eigenvalue weighted by molar-refractivity contribution is 5.66. The van der Waals surface area contributed by atoms with Gasteiger partial charge in [0.1, 0.15) is 0 Å². The third-order valence-corrected chi connectivity index (χ3v) is 2.13. The molecule has 1 aromatic rings. The van der Waals surface area contributed by atoms with Gasteiger partial charge in [-0.2, -0.15) is 0 Å². The second-order valence-electron chi connectivity index (χ2n) is 3.70. The number of anilines is 2. The van der Waals surface area contributed by atoms with Gasteiger partial charge in [0.15, 0.2) is 0 Å². The smallest absolute Gasteiger partial charge is 0.0434 e. The first-order valence-electron chi connectivity index (χ1n) is 4.81. The number of nitrogen functional groups attached to an aromatic ring is 1. The third kappa shape index (κ3) is 3.50. The molecule has 82 valence electrons. The Morgan fingerprint density at radius 3 is 2.80 bits per heavy atom. The number of carboxylic acid groups (broad SMARTS) is 1. The fraction of sp³-hybridized carbons (Fsp3) is 0.364. The Balaban J connectivity index is 2.68. The van der Waals surface area contributed by atoms with Crippen LogP contribution in [0.2, 0.25) is 0 Å². The zero-order valence-corrected chi connectivity index (χ0v) is 8.91. The molecule has 3 N–H and O–H groups in total. The zero-order chi connectivity index (χ0) is 11.4. The van der Waals surface area contributed by atoms with Crippen molar-refractivity contribution in [3.8, 4) is 0 Å². The molecule has 0 aliphatic heterocycles. The number of carbonyl (C=O) groups is 1. The van der Waals surface area contributed by atoms with E-state index in [2.05, 4.69) is 5.32 Å². The number of carbonyl (C=O) groups excluding carboxylic acids is 1. The summed E-state index contributed by atoms with van der Waals surface area (Å²) in [5.74, 6) is -1.05. The number of carboxylic acids is 1. The lowest BCUT2D eigenvalue weighted by atomic mass is 10.1. The molecular formula is C11H15N2O2-. The summed E-state index contributed by atoms with van der Waals surface area (Å²) in [5.41, 5.74) is 8.21. The predicted octanol–water partition coefficient (Wildman–Crippen LogP) is 0.518. The van der Waals surface area contributed by atoms with Gasteiger partial charge in [0.2, 0.25) is 0 Å². The highest BCUT2D eigenvalue weighted by Gasteiger charge is 2.04. The van der Waals surface area contributed by atoms with Crippen LogP contribution in [-0.4, -0.2) is 12.0 Å². The topological polar surface area (TPSA) is 78.2 Å². The average Bonchev–Trinajstić information content (AvgIpc) is 2.08. The monoisotopic (exact) mass is 207 g/mol. The molecule has 0 heterocycles. The molecule has 1 rings (SSSR count). The number of hydrogen-bond acceptors (Lipinski definition) is 4. The minimum Gasteiger partial charge on any atom is -0.550 e. The minimum absolute atomic E-state index is 0.0101. The molecule has 0 spiro atoms. The fourth-order valence-electron chi connectivity index (χ4n) is 1.42. The molecule has 0 aromatic heterocycles.